The van der Waals surface area contributed by atoms with Gasteiger partial charge in [0.1, 0.15) is 0 Å². The van der Waals surface area contributed by atoms with Gasteiger partial charge in [0.25, 0.3) is 0 Å². The second kappa shape index (κ2) is 10.9. The normalized spacial score (nSPS) is 15.9. The Kier molecular flexibility index (Phi) is 8.91. The van der Waals surface area contributed by atoms with Gasteiger partial charge in [-0.1, -0.05) is 18.2 Å². The lowest BCUT2D eigenvalue weighted by atomic mass is 10.0. The first-order valence-corrected chi connectivity index (χ1v) is 9.78. The Bertz CT molecular complexity index is 769. The number of rotatable bonds is 6. The van der Waals surface area contributed by atoms with E-state index in [9.17, 15) is 0 Å². The number of ether oxygens (including phenoxy) is 1. The van der Waals surface area contributed by atoms with Crippen LogP contribution in [0.4, 0.5) is 0 Å². The van der Waals surface area contributed by atoms with E-state index in [1.807, 2.05) is 30.5 Å². The minimum atomic E-state index is 0. The number of para-hydroxylation sites is 1. The van der Waals surface area contributed by atoms with Crippen LogP contribution >= 0.6 is 24.0 Å². The number of fused-ring (bicyclic) bond motifs is 1. The Balaban J connectivity index is 0.00000280. The van der Waals surface area contributed by atoms with Gasteiger partial charge in [-0.25, -0.2) is 4.99 Å². The number of benzene rings is 1. The van der Waals surface area contributed by atoms with Gasteiger partial charge in [0, 0.05) is 43.3 Å². The number of nitrogens with zero attached hydrogens (tertiary/aromatic N) is 3. The predicted octanol–water partition coefficient (Wildman–Crippen LogP) is 3.02. The molecule has 154 valence electrons. The third-order valence-electron chi connectivity index (χ3n) is 5.05. The summed E-state index contributed by atoms with van der Waals surface area (Å²) in [7, 11) is 0. The van der Waals surface area contributed by atoms with Gasteiger partial charge < -0.3 is 15.4 Å². The molecule has 0 unspecified atom stereocenters. The maximum atomic E-state index is 5.48. The first-order chi connectivity index (χ1) is 13.1. The number of morpholine rings is 1. The smallest absolute Gasteiger partial charge is 0.191 e. The molecular weight excluding hydrogens is 465 g/mol. The summed E-state index contributed by atoms with van der Waals surface area (Å²) in [5.41, 5.74) is 2.24. The Morgan fingerprint density at radius 2 is 1.93 bits per heavy atom. The molecule has 2 aromatic rings. The van der Waals surface area contributed by atoms with Crippen LogP contribution in [0.15, 0.2) is 41.5 Å². The number of pyridine rings is 1. The highest BCUT2D eigenvalue weighted by atomic mass is 127. The average Bonchev–Trinajstić information content (AvgIpc) is 2.71. The summed E-state index contributed by atoms with van der Waals surface area (Å²) in [6.45, 7) is 12.5. The quantitative estimate of drug-likeness (QED) is 0.365. The molecule has 1 aliphatic heterocycles. The molecule has 0 radical (unpaired) electrons. The zero-order valence-corrected chi connectivity index (χ0v) is 19.4. The number of hydrogen-bond donors (Lipinski definition) is 2. The van der Waals surface area contributed by atoms with Crippen molar-refractivity contribution < 1.29 is 4.74 Å². The maximum absolute atomic E-state index is 5.48. The molecule has 1 aromatic carbocycles. The summed E-state index contributed by atoms with van der Waals surface area (Å²) in [4.78, 5) is 11.7. The van der Waals surface area contributed by atoms with E-state index in [2.05, 4.69) is 47.4 Å². The van der Waals surface area contributed by atoms with Gasteiger partial charge in [0.2, 0.25) is 0 Å². The molecule has 1 aliphatic rings. The molecule has 28 heavy (non-hydrogen) atoms. The highest BCUT2D eigenvalue weighted by Gasteiger charge is 2.28. The van der Waals surface area contributed by atoms with E-state index >= 15 is 0 Å². The van der Waals surface area contributed by atoms with Crippen molar-refractivity contribution in [2.75, 3.05) is 39.4 Å². The average molecular weight is 497 g/mol. The third-order valence-corrected chi connectivity index (χ3v) is 5.05. The largest absolute Gasteiger partial charge is 0.379 e. The van der Waals surface area contributed by atoms with Crippen LogP contribution in [0, 0.1) is 0 Å². The summed E-state index contributed by atoms with van der Waals surface area (Å²) >= 11 is 0. The number of halogens is 1. The molecule has 0 saturated carbocycles. The molecule has 2 N–H and O–H groups in total. The third kappa shape index (κ3) is 6.02. The molecule has 0 spiro atoms. The van der Waals surface area contributed by atoms with E-state index in [0.717, 1.165) is 56.3 Å². The SMILES string of the molecule is CCNC(=NCc1ccnc2ccccc12)NCC(C)(C)N1CCOCC1.I. The van der Waals surface area contributed by atoms with E-state index < -0.39 is 0 Å². The lowest BCUT2D eigenvalue weighted by molar-refractivity contribution is -0.00834. The fourth-order valence-electron chi connectivity index (χ4n) is 3.38. The van der Waals surface area contributed by atoms with E-state index in [0.29, 0.717) is 6.54 Å². The summed E-state index contributed by atoms with van der Waals surface area (Å²) in [6, 6.07) is 10.3. The Morgan fingerprint density at radius 3 is 2.68 bits per heavy atom. The van der Waals surface area contributed by atoms with E-state index in [-0.39, 0.29) is 29.5 Å². The lowest BCUT2D eigenvalue weighted by Crippen LogP contribution is -2.56. The van der Waals surface area contributed by atoms with Crippen molar-refractivity contribution in [1.29, 1.82) is 0 Å². The number of guanidine groups is 1. The van der Waals surface area contributed by atoms with Crippen LogP contribution in [0.3, 0.4) is 0 Å². The van der Waals surface area contributed by atoms with Gasteiger partial charge in [-0.2, -0.15) is 0 Å². The van der Waals surface area contributed by atoms with Crippen LogP contribution in [0.5, 0.6) is 0 Å². The molecule has 1 aromatic heterocycles. The van der Waals surface area contributed by atoms with Crippen molar-refractivity contribution in [2.45, 2.75) is 32.9 Å². The Labute approximate surface area is 185 Å². The van der Waals surface area contributed by atoms with Crippen molar-refractivity contribution in [3.63, 3.8) is 0 Å². The number of nitrogens with one attached hydrogen (secondary N) is 2. The lowest BCUT2D eigenvalue weighted by Gasteiger charge is -2.41. The molecule has 0 bridgehead atoms. The summed E-state index contributed by atoms with van der Waals surface area (Å²) in [6.07, 6.45) is 1.86. The standard InChI is InChI=1S/C21H31N5O.HI/c1-4-22-20(25-16-21(2,3)26-11-13-27-14-12-26)24-15-17-9-10-23-19-8-6-5-7-18(17)19;/h5-10H,4,11-16H2,1-3H3,(H2,22,24,25);1H. The molecule has 1 fully saturated rings. The molecule has 0 aliphatic carbocycles. The molecule has 6 nitrogen and oxygen atoms in total. The molecule has 3 rings (SSSR count). The number of aliphatic imine (C=N–C) groups is 1. The summed E-state index contributed by atoms with van der Waals surface area (Å²) in [5, 5.41) is 8.03. The van der Waals surface area contributed by atoms with Crippen molar-refractivity contribution in [3.8, 4) is 0 Å². The molecular formula is C21H32IN5O. The zero-order chi connectivity index (χ0) is 19.1. The monoisotopic (exact) mass is 497 g/mol. The van der Waals surface area contributed by atoms with Crippen LogP contribution in [0.25, 0.3) is 10.9 Å². The van der Waals surface area contributed by atoms with E-state index in [4.69, 9.17) is 9.73 Å². The van der Waals surface area contributed by atoms with Crippen LogP contribution in [-0.2, 0) is 11.3 Å². The second-order valence-electron chi connectivity index (χ2n) is 7.45. The van der Waals surface area contributed by atoms with Gasteiger partial charge >= 0.3 is 0 Å². The fourth-order valence-corrected chi connectivity index (χ4v) is 3.38. The molecule has 1 saturated heterocycles. The topological polar surface area (TPSA) is 61.8 Å². The Hall–Kier alpha value is -1.45. The summed E-state index contributed by atoms with van der Waals surface area (Å²) < 4.78 is 5.48. The zero-order valence-electron chi connectivity index (χ0n) is 17.1. The number of hydrogen-bond acceptors (Lipinski definition) is 4. The van der Waals surface area contributed by atoms with Crippen LogP contribution in [-0.4, -0.2) is 60.8 Å². The highest BCUT2D eigenvalue weighted by Crippen LogP contribution is 2.17. The fraction of sp³-hybridized carbons (Fsp3) is 0.524. The van der Waals surface area contributed by atoms with Crippen molar-refractivity contribution in [3.05, 3.63) is 42.1 Å². The minimum absolute atomic E-state index is 0. The highest BCUT2D eigenvalue weighted by molar-refractivity contribution is 14.0. The van der Waals surface area contributed by atoms with Crippen LogP contribution < -0.4 is 10.6 Å². The Morgan fingerprint density at radius 1 is 1.18 bits per heavy atom. The number of aromatic nitrogens is 1. The van der Waals surface area contributed by atoms with Crippen molar-refractivity contribution in [2.24, 2.45) is 4.99 Å². The second-order valence-corrected chi connectivity index (χ2v) is 7.45. The molecule has 0 amide bonds. The predicted molar refractivity (Wildman–Crippen MR) is 126 cm³/mol. The first kappa shape index (κ1) is 22.8. The van der Waals surface area contributed by atoms with Gasteiger partial charge in [-0.15, -0.1) is 24.0 Å². The molecule has 0 atom stereocenters. The minimum Gasteiger partial charge on any atom is -0.379 e. The summed E-state index contributed by atoms with van der Waals surface area (Å²) in [5.74, 6) is 0.847. The molecule has 7 heteroatoms. The van der Waals surface area contributed by atoms with Gasteiger partial charge in [0.15, 0.2) is 5.96 Å². The van der Waals surface area contributed by atoms with Crippen molar-refractivity contribution >= 4 is 40.8 Å². The molecule has 2 heterocycles. The van der Waals surface area contributed by atoms with Gasteiger partial charge in [0.05, 0.1) is 25.3 Å². The van der Waals surface area contributed by atoms with Crippen LogP contribution in [0.1, 0.15) is 26.3 Å². The first-order valence-electron chi connectivity index (χ1n) is 9.78. The van der Waals surface area contributed by atoms with E-state index in [1.165, 1.54) is 5.56 Å². The van der Waals surface area contributed by atoms with Crippen LogP contribution in [0.2, 0.25) is 0 Å². The van der Waals surface area contributed by atoms with Crippen molar-refractivity contribution in [1.82, 2.24) is 20.5 Å². The van der Waals surface area contributed by atoms with Gasteiger partial charge in [-0.3, -0.25) is 9.88 Å². The van der Waals surface area contributed by atoms with E-state index in [1.54, 1.807) is 0 Å². The van der Waals surface area contributed by atoms with Gasteiger partial charge in [-0.05, 0) is 38.5 Å². The maximum Gasteiger partial charge on any atom is 0.191 e.